The van der Waals surface area contributed by atoms with Crippen LogP contribution in [0.25, 0.3) is 10.9 Å². The molecule has 0 saturated heterocycles. The number of aryl methyl sites for hydroxylation is 1. The van der Waals surface area contributed by atoms with Crippen LogP contribution in [0.15, 0.2) is 48.5 Å². The summed E-state index contributed by atoms with van der Waals surface area (Å²) in [7, 11) is 3.34. The van der Waals surface area contributed by atoms with Crippen molar-refractivity contribution in [1.82, 2.24) is 4.57 Å². The molecule has 4 rings (SSSR count). The maximum absolute atomic E-state index is 13.1. The van der Waals surface area contributed by atoms with Crippen molar-refractivity contribution < 1.29 is 19.1 Å². The van der Waals surface area contributed by atoms with E-state index in [0.29, 0.717) is 5.56 Å². The van der Waals surface area contributed by atoms with Crippen molar-refractivity contribution >= 4 is 46.7 Å². The Bertz CT molecular complexity index is 1230. The topological polar surface area (TPSA) is 111 Å². The molecule has 1 heterocycles. The molecule has 1 aliphatic carbocycles. The van der Waals surface area contributed by atoms with Crippen molar-refractivity contribution in [3.63, 3.8) is 0 Å². The summed E-state index contributed by atoms with van der Waals surface area (Å²) in [5, 5.41) is 8.62. The van der Waals surface area contributed by atoms with Crippen LogP contribution in [0.2, 0.25) is 0 Å². The molecule has 8 nitrogen and oxygen atoms in total. The fraction of sp³-hybridized carbons (Fsp3) is 0.370. The molecule has 1 amide bonds. The molecule has 3 N–H and O–H groups in total. The second kappa shape index (κ2) is 12.1. The molecule has 9 heteroatoms. The molecular formula is C27H33ClN4O4. The lowest BCUT2D eigenvalue weighted by Gasteiger charge is -2.29. The maximum atomic E-state index is 13.1. The van der Waals surface area contributed by atoms with Gasteiger partial charge in [-0.25, -0.2) is 4.79 Å². The van der Waals surface area contributed by atoms with Crippen molar-refractivity contribution in [2.24, 2.45) is 12.8 Å². The number of nitrogens with two attached hydrogens (primary N) is 1. The Hall–Kier alpha value is -3.36. The third-order valence-electron chi connectivity index (χ3n) is 6.69. The third kappa shape index (κ3) is 6.06. The molecule has 0 radical (unpaired) electrons. The monoisotopic (exact) mass is 512 g/mol. The first-order valence-corrected chi connectivity index (χ1v) is 11.9. The Kier molecular flexibility index (Phi) is 9.12. The summed E-state index contributed by atoms with van der Waals surface area (Å²) >= 11 is 0. The Morgan fingerprint density at radius 2 is 1.78 bits per heavy atom. The molecule has 0 bridgehead atoms. The van der Waals surface area contributed by atoms with Crippen LogP contribution in [0.4, 0.5) is 5.69 Å². The Labute approximate surface area is 217 Å². The van der Waals surface area contributed by atoms with Crippen LogP contribution < -0.4 is 10.6 Å². The van der Waals surface area contributed by atoms with Crippen LogP contribution >= 0.6 is 12.4 Å². The van der Waals surface area contributed by atoms with Gasteiger partial charge >= 0.3 is 5.97 Å². The largest absolute Gasteiger partial charge is 0.467 e. The highest BCUT2D eigenvalue weighted by Gasteiger charge is 2.28. The van der Waals surface area contributed by atoms with E-state index in [9.17, 15) is 9.59 Å². The number of carbonyl (C=O) groups excluding carboxylic acids is 2. The second-order valence-electron chi connectivity index (χ2n) is 9.00. The lowest BCUT2D eigenvalue weighted by atomic mass is 10.1. The number of carbonyl (C=O) groups is 2. The lowest BCUT2D eigenvalue weighted by molar-refractivity contribution is -0.146. The summed E-state index contributed by atoms with van der Waals surface area (Å²) in [6, 6.07) is 16.1. The van der Waals surface area contributed by atoms with Crippen molar-refractivity contribution in [3.05, 3.63) is 65.4 Å². The molecule has 1 saturated carbocycles. The normalized spacial score (nSPS) is 13.4. The predicted molar refractivity (Wildman–Crippen MR) is 143 cm³/mol. The molecule has 1 aliphatic rings. The number of fused-ring (bicyclic) bond motifs is 1. The zero-order chi connectivity index (χ0) is 24.9. The molecule has 192 valence electrons. The average molecular weight is 513 g/mol. The number of hydrogen-bond donors (Lipinski definition) is 2. The van der Waals surface area contributed by atoms with Crippen molar-refractivity contribution in [2.75, 3.05) is 25.2 Å². The molecule has 1 fully saturated rings. The standard InChI is InChI=1S/C27H32N4O4.ClH/c1-30-23(13-18-7-9-19(10-8-18)27(28)29)15-20-14-22(11-12-24(20)30)31(21-5-3-4-6-21)25(32)16-35-17-26(33)34-2;/h7-12,14-15,21H,3-6,13,16-17H2,1-2H3,(H3,28,29);1H. The SMILES string of the molecule is COC(=O)COCC(=O)N(c1ccc2c(c1)cc(Cc1ccc(C(=N)N)cc1)n2C)C1CCCC1.Cl. The first kappa shape index (κ1) is 27.2. The number of nitrogens with zero attached hydrogens (tertiary/aromatic N) is 2. The van der Waals surface area contributed by atoms with Crippen molar-refractivity contribution in [3.8, 4) is 0 Å². The highest BCUT2D eigenvalue weighted by atomic mass is 35.5. The number of methoxy groups -OCH3 is 1. The number of nitrogens with one attached hydrogen (secondary N) is 1. The molecule has 0 atom stereocenters. The summed E-state index contributed by atoms with van der Waals surface area (Å²) in [5.41, 5.74) is 10.5. The van der Waals surface area contributed by atoms with Gasteiger partial charge in [-0.15, -0.1) is 12.4 Å². The minimum atomic E-state index is -0.501. The molecule has 36 heavy (non-hydrogen) atoms. The average Bonchev–Trinajstić information content (AvgIpc) is 3.48. The fourth-order valence-electron chi connectivity index (χ4n) is 4.80. The zero-order valence-electron chi connectivity index (χ0n) is 20.7. The van der Waals surface area contributed by atoms with E-state index in [-0.39, 0.29) is 43.4 Å². The third-order valence-corrected chi connectivity index (χ3v) is 6.69. The number of nitrogen functional groups attached to an aromatic ring is 1. The number of anilines is 1. The first-order valence-electron chi connectivity index (χ1n) is 11.9. The van der Waals surface area contributed by atoms with Crippen LogP contribution in [0, 0.1) is 5.41 Å². The molecular weight excluding hydrogens is 480 g/mol. The quantitative estimate of drug-likeness (QED) is 0.256. The van der Waals surface area contributed by atoms with E-state index in [0.717, 1.165) is 60.0 Å². The number of benzene rings is 2. The maximum Gasteiger partial charge on any atom is 0.331 e. The molecule has 3 aromatic rings. The zero-order valence-corrected chi connectivity index (χ0v) is 21.5. The van der Waals surface area contributed by atoms with E-state index in [1.165, 1.54) is 7.11 Å². The van der Waals surface area contributed by atoms with Crippen LogP contribution in [-0.2, 0) is 32.5 Å². The lowest BCUT2D eigenvalue weighted by Crippen LogP contribution is -2.41. The fourth-order valence-corrected chi connectivity index (χ4v) is 4.80. The minimum absolute atomic E-state index is 0. The van der Waals surface area contributed by atoms with Crippen LogP contribution in [0.3, 0.4) is 0 Å². The highest BCUT2D eigenvalue weighted by Crippen LogP contribution is 2.32. The molecule has 1 aromatic heterocycles. The number of aromatic nitrogens is 1. The Morgan fingerprint density at radius 1 is 1.08 bits per heavy atom. The van der Waals surface area contributed by atoms with E-state index in [2.05, 4.69) is 27.5 Å². The van der Waals surface area contributed by atoms with Gasteiger partial charge < -0.3 is 24.7 Å². The molecule has 0 spiro atoms. The second-order valence-corrected chi connectivity index (χ2v) is 9.00. The van der Waals surface area contributed by atoms with Gasteiger partial charge in [-0.3, -0.25) is 10.2 Å². The molecule has 0 aliphatic heterocycles. The van der Waals surface area contributed by atoms with E-state index in [4.69, 9.17) is 15.9 Å². The van der Waals surface area contributed by atoms with Crippen molar-refractivity contribution in [2.45, 2.75) is 38.1 Å². The van der Waals surface area contributed by atoms with Gasteiger partial charge in [-0.1, -0.05) is 37.1 Å². The summed E-state index contributed by atoms with van der Waals surface area (Å²) in [4.78, 5) is 26.3. The summed E-state index contributed by atoms with van der Waals surface area (Å²) in [6.45, 7) is -0.408. The number of esters is 1. The summed E-state index contributed by atoms with van der Waals surface area (Å²) < 4.78 is 12.1. The number of amidine groups is 1. The smallest absolute Gasteiger partial charge is 0.331 e. The summed E-state index contributed by atoms with van der Waals surface area (Å²) in [6.07, 6.45) is 4.84. The highest BCUT2D eigenvalue weighted by molar-refractivity contribution is 5.97. The van der Waals surface area contributed by atoms with E-state index in [1.807, 2.05) is 42.3 Å². The Morgan fingerprint density at radius 3 is 2.42 bits per heavy atom. The molecule has 0 unspecified atom stereocenters. The number of ether oxygens (including phenoxy) is 2. The van der Waals surface area contributed by atoms with E-state index < -0.39 is 5.97 Å². The number of hydrogen-bond acceptors (Lipinski definition) is 5. The first-order chi connectivity index (χ1) is 16.9. The van der Waals surface area contributed by atoms with Gasteiger partial charge in [0.1, 0.15) is 19.0 Å². The van der Waals surface area contributed by atoms with Crippen LogP contribution in [0.1, 0.15) is 42.5 Å². The van der Waals surface area contributed by atoms with Gasteiger partial charge in [-0.2, -0.15) is 0 Å². The Balaban J connectivity index is 0.00000361. The van der Waals surface area contributed by atoms with Gasteiger partial charge in [0.25, 0.3) is 5.91 Å². The van der Waals surface area contributed by atoms with Gasteiger partial charge in [-0.05, 0) is 42.7 Å². The van der Waals surface area contributed by atoms with Gasteiger partial charge in [0.15, 0.2) is 0 Å². The number of rotatable bonds is 9. The van der Waals surface area contributed by atoms with E-state index >= 15 is 0 Å². The molecule has 2 aromatic carbocycles. The van der Waals surface area contributed by atoms with E-state index in [1.54, 1.807) is 0 Å². The summed E-state index contributed by atoms with van der Waals surface area (Å²) in [5.74, 6) is -0.591. The van der Waals surface area contributed by atoms with Gasteiger partial charge in [0.2, 0.25) is 0 Å². The number of halogens is 1. The van der Waals surface area contributed by atoms with Crippen LogP contribution in [0.5, 0.6) is 0 Å². The van der Waals surface area contributed by atoms with Gasteiger partial charge in [0.05, 0.1) is 7.11 Å². The van der Waals surface area contributed by atoms with Gasteiger partial charge in [0, 0.05) is 47.4 Å². The number of amides is 1. The van der Waals surface area contributed by atoms with Crippen LogP contribution in [-0.4, -0.2) is 48.6 Å². The predicted octanol–water partition coefficient (Wildman–Crippen LogP) is 3.94. The van der Waals surface area contributed by atoms with Crippen molar-refractivity contribution in [1.29, 1.82) is 5.41 Å². The minimum Gasteiger partial charge on any atom is -0.467 e.